The van der Waals surface area contributed by atoms with Crippen LogP contribution in [0, 0.1) is 5.82 Å². The van der Waals surface area contributed by atoms with E-state index in [4.69, 9.17) is 9.47 Å². The number of carbonyl (C=O) groups is 1. The topological polar surface area (TPSA) is 65.4 Å². The van der Waals surface area contributed by atoms with Crippen LogP contribution in [0.4, 0.5) is 10.2 Å². The molecule has 1 saturated heterocycles. The smallest absolute Gasteiger partial charge is 0.259 e. The fourth-order valence-electron chi connectivity index (χ4n) is 3.21. The summed E-state index contributed by atoms with van der Waals surface area (Å²) < 4.78 is 27.3. The fraction of sp³-hybridized carbons (Fsp3) is 0.444. The van der Waals surface area contributed by atoms with E-state index in [9.17, 15) is 9.18 Å². The molecule has 0 radical (unpaired) electrons. The van der Waals surface area contributed by atoms with Crippen LogP contribution in [0.3, 0.4) is 0 Å². The monoisotopic (exact) mass is 345 g/mol. The average Bonchev–Trinajstić information content (AvgIpc) is 3.17. The minimum Gasteiger partial charge on any atom is -0.465 e. The average molecular weight is 345 g/mol. The molecule has 1 atom stereocenters. The van der Waals surface area contributed by atoms with Crippen molar-refractivity contribution in [3.05, 3.63) is 41.3 Å². The number of ether oxygens (including phenoxy) is 2. The van der Waals surface area contributed by atoms with Gasteiger partial charge in [-0.15, -0.1) is 0 Å². The summed E-state index contributed by atoms with van der Waals surface area (Å²) in [5, 5.41) is 6.95. The van der Waals surface area contributed by atoms with Gasteiger partial charge in [0.05, 0.1) is 12.2 Å². The van der Waals surface area contributed by atoms with Crippen LogP contribution in [-0.2, 0) is 17.7 Å². The van der Waals surface area contributed by atoms with E-state index in [-0.39, 0.29) is 11.9 Å². The Morgan fingerprint density at radius 1 is 1.32 bits per heavy atom. The Kier molecular flexibility index (Phi) is 4.40. The van der Waals surface area contributed by atoms with Crippen LogP contribution in [0.5, 0.6) is 5.75 Å². The molecule has 1 aromatic carbocycles. The molecule has 3 heterocycles. The highest BCUT2D eigenvalue weighted by Gasteiger charge is 2.19. The maximum absolute atomic E-state index is 14.3. The van der Waals surface area contributed by atoms with Crippen LogP contribution in [-0.4, -0.2) is 28.6 Å². The Morgan fingerprint density at radius 3 is 3.00 bits per heavy atom. The molecule has 1 unspecified atom stereocenters. The number of nitrogens with one attached hydrogen (secondary N) is 1. The summed E-state index contributed by atoms with van der Waals surface area (Å²) >= 11 is 0. The molecule has 0 spiro atoms. The van der Waals surface area contributed by atoms with Crippen LogP contribution in [0.2, 0.25) is 0 Å². The zero-order chi connectivity index (χ0) is 17.2. The number of fused-ring (bicyclic) bond motifs is 1. The van der Waals surface area contributed by atoms with E-state index in [1.807, 2.05) is 10.7 Å². The number of aryl methyl sites for hydroxylation is 2. The van der Waals surface area contributed by atoms with Gasteiger partial charge in [0.25, 0.3) is 5.91 Å². The van der Waals surface area contributed by atoms with Gasteiger partial charge in [0.15, 0.2) is 12.1 Å². The predicted octanol–water partition coefficient (Wildman–Crippen LogP) is 3.13. The first-order valence-electron chi connectivity index (χ1n) is 8.65. The third-order valence-electron chi connectivity index (χ3n) is 4.50. The molecule has 1 N–H and O–H groups in total. The lowest BCUT2D eigenvalue weighted by Crippen LogP contribution is -2.25. The highest BCUT2D eigenvalue weighted by Crippen LogP contribution is 2.23. The highest BCUT2D eigenvalue weighted by atomic mass is 19.1. The Balaban J connectivity index is 1.43. The quantitative estimate of drug-likeness (QED) is 0.925. The molecule has 132 valence electrons. The molecule has 2 aliphatic heterocycles. The number of anilines is 1. The zero-order valence-corrected chi connectivity index (χ0v) is 13.8. The lowest BCUT2D eigenvalue weighted by atomic mass is 10.2. The van der Waals surface area contributed by atoms with Gasteiger partial charge in [0.1, 0.15) is 11.6 Å². The number of carbonyl (C=O) groups excluding carboxylic acids is 1. The van der Waals surface area contributed by atoms with E-state index in [1.54, 1.807) is 6.07 Å². The number of hydrogen-bond donors (Lipinski definition) is 1. The van der Waals surface area contributed by atoms with Gasteiger partial charge in [-0.25, -0.2) is 4.39 Å². The first kappa shape index (κ1) is 16.1. The number of aromatic nitrogens is 2. The molecule has 6 nitrogen and oxygen atoms in total. The second kappa shape index (κ2) is 6.84. The molecular weight excluding hydrogens is 325 g/mol. The largest absolute Gasteiger partial charge is 0.465 e. The predicted molar refractivity (Wildman–Crippen MR) is 89.1 cm³/mol. The van der Waals surface area contributed by atoms with E-state index in [0.717, 1.165) is 44.3 Å². The zero-order valence-electron chi connectivity index (χ0n) is 13.8. The lowest BCUT2D eigenvalue weighted by molar-refractivity contribution is -0.106. The van der Waals surface area contributed by atoms with Crippen molar-refractivity contribution in [2.75, 3.05) is 11.9 Å². The number of benzene rings is 1. The van der Waals surface area contributed by atoms with Gasteiger partial charge in [0.2, 0.25) is 0 Å². The summed E-state index contributed by atoms with van der Waals surface area (Å²) in [6.45, 7) is 1.51. The third kappa shape index (κ3) is 3.51. The highest BCUT2D eigenvalue weighted by molar-refractivity contribution is 6.04. The first-order valence-corrected chi connectivity index (χ1v) is 8.65. The van der Waals surface area contributed by atoms with Crippen molar-refractivity contribution in [1.82, 2.24) is 9.78 Å². The molecular formula is C18H20FN3O3. The summed E-state index contributed by atoms with van der Waals surface area (Å²) in [7, 11) is 0. The summed E-state index contributed by atoms with van der Waals surface area (Å²) in [6.07, 6.45) is 4.51. The summed E-state index contributed by atoms with van der Waals surface area (Å²) in [5.74, 6) is -0.329. The van der Waals surface area contributed by atoms with E-state index in [1.165, 1.54) is 12.1 Å². The second-order valence-corrected chi connectivity index (χ2v) is 6.36. The molecule has 7 heteroatoms. The molecule has 1 amide bonds. The summed E-state index contributed by atoms with van der Waals surface area (Å²) in [5.41, 5.74) is 1.05. The standard InChI is InChI=1S/C18H20FN3O3/c19-15-11-13(25-17-5-1-2-9-24-17)6-7-14(15)18(23)20-16-10-12-4-3-8-22(12)21-16/h6-7,10-11,17H,1-5,8-9H2,(H,20,21,23). The van der Waals surface area contributed by atoms with Crippen molar-refractivity contribution in [1.29, 1.82) is 0 Å². The van der Waals surface area contributed by atoms with Gasteiger partial charge in [-0.1, -0.05) is 0 Å². The molecule has 1 fully saturated rings. The lowest BCUT2D eigenvalue weighted by Gasteiger charge is -2.23. The number of nitrogens with zero attached hydrogens (tertiary/aromatic N) is 2. The minimum absolute atomic E-state index is 0.0370. The first-order chi connectivity index (χ1) is 12.2. The van der Waals surface area contributed by atoms with Crippen LogP contribution in [0.1, 0.15) is 41.7 Å². The van der Waals surface area contributed by atoms with E-state index in [0.29, 0.717) is 18.2 Å². The van der Waals surface area contributed by atoms with Gasteiger partial charge in [0, 0.05) is 30.8 Å². The van der Waals surface area contributed by atoms with Gasteiger partial charge in [-0.2, -0.15) is 5.10 Å². The van der Waals surface area contributed by atoms with E-state index >= 15 is 0 Å². The molecule has 2 aromatic rings. The molecule has 25 heavy (non-hydrogen) atoms. The van der Waals surface area contributed by atoms with Crippen LogP contribution in [0.25, 0.3) is 0 Å². The van der Waals surface area contributed by atoms with Gasteiger partial charge in [-0.05, 0) is 37.8 Å². The Morgan fingerprint density at radius 2 is 2.24 bits per heavy atom. The molecule has 4 rings (SSSR count). The van der Waals surface area contributed by atoms with Crippen molar-refractivity contribution in [2.45, 2.75) is 44.9 Å². The maximum Gasteiger partial charge on any atom is 0.259 e. The molecule has 0 aliphatic carbocycles. The second-order valence-electron chi connectivity index (χ2n) is 6.36. The SMILES string of the molecule is O=C(Nc1cc2n(n1)CCC2)c1ccc(OC2CCCCO2)cc1F. The van der Waals surface area contributed by atoms with Crippen molar-refractivity contribution in [3.63, 3.8) is 0 Å². The summed E-state index contributed by atoms with van der Waals surface area (Å²) in [4.78, 5) is 12.3. The Hall–Kier alpha value is -2.41. The third-order valence-corrected chi connectivity index (χ3v) is 4.50. The van der Waals surface area contributed by atoms with Gasteiger partial charge < -0.3 is 14.8 Å². The minimum atomic E-state index is -0.627. The number of amides is 1. The van der Waals surface area contributed by atoms with Gasteiger partial charge in [-0.3, -0.25) is 9.48 Å². The molecule has 0 saturated carbocycles. The fourth-order valence-corrected chi connectivity index (χ4v) is 3.21. The van der Waals surface area contributed by atoms with Crippen LogP contribution < -0.4 is 10.1 Å². The van der Waals surface area contributed by atoms with E-state index in [2.05, 4.69) is 10.4 Å². The number of halogens is 1. The number of rotatable bonds is 4. The van der Waals surface area contributed by atoms with Crippen LogP contribution in [0.15, 0.2) is 24.3 Å². The van der Waals surface area contributed by atoms with Crippen LogP contribution >= 0.6 is 0 Å². The number of hydrogen-bond acceptors (Lipinski definition) is 4. The van der Waals surface area contributed by atoms with Crippen molar-refractivity contribution < 1.29 is 18.7 Å². The Bertz CT molecular complexity index is 762. The molecule has 0 bridgehead atoms. The van der Waals surface area contributed by atoms with Crippen molar-refractivity contribution in [3.8, 4) is 5.75 Å². The van der Waals surface area contributed by atoms with Gasteiger partial charge >= 0.3 is 0 Å². The maximum atomic E-state index is 14.3. The normalized spacial score (nSPS) is 19.5. The van der Waals surface area contributed by atoms with Crippen molar-refractivity contribution >= 4 is 11.7 Å². The molecule has 2 aliphatic rings. The Labute approximate surface area is 144 Å². The van der Waals surface area contributed by atoms with E-state index < -0.39 is 11.7 Å². The molecule has 1 aromatic heterocycles. The van der Waals surface area contributed by atoms with Crippen molar-refractivity contribution in [2.24, 2.45) is 0 Å². The summed E-state index contributed by atoms with van der Waals surface area (Å²) in [6, 6.07) is 6.07.